The molecule has 0 unspecified atom stereocenters. The number of nitrogens with zero attached hydrogens (tertiary/aromatic N) is 2. The summed E-state index contributed by atoms with van der Waals surface area (Å²) >= 11 is 1.41. The number of ether oxygens (including phenoxy) is 1. The second-order valence-electron chi connectivity index (χ2n) is 6.73. The zero-order valence-electron chi connectivity index (χ0n) is 15.3. The first-order valence-corrected chi connectivity index (χ1v) is 9.80. The molecular formula is C19H26N4O2S. The van der Waals surface area contributed by atoms with Crippen LogP contribution in [0.15, 0.2) is 29.6 Å². The topological polar surface area (TPSA) is 80.5 Å². The van der Waals surface area contributed by atoms with Crippen molar-refractivity contribution in [2.45, 2.75) is 45.7 Å². The Hall–Kier alpha value is -1.80. The quantitative estimate of drug-likeness (QED) is 0.810. The lowest BCUT2D eigenvalue weighted by atomic mass is 10.1. The Balaban J connectivity index is 1.62. The van der Waals surface area contributed by atoms with E-state index in [-0.39, 0.29) is 18.1 Å². The Kier molecular flexibility index (Phi) is 6.37. The molecule has 26 heavy (non-hydrogen) atoms. The van der Waals surface area contributed by atoms with Crippen molar-refractivity contribution in [2.75, 3.05) is 13.1 Å². The van der Waals surface area contributed by atoms with Crippen molar-refractivity contribution >= 4 is 17.2 Å². The van der Waals surface area contributed by atoms with Crippen LogP contribution in [0.3, 0.4) is 0 Å². The van der Waals surface area contributed by atoms with Crippen LogP contribution in [-0.4, -0.2) is 41.1 Å². The molecule has 3 N–H and O–H groups in total. The monoisotopic (exact) mass is 374 g/mol. The average Bonchev–Trinajstić information content (AvgIpc) is 3.09. The third kappa shape index (κ3) is 4.88. The van der Waals surface area contributed by atoms with E-state index >= 15 is 0 Å². The van der Waals surface area contributed by atoms with Crippen LogP contribution in [0.5, 0.6) is 0 Å². The number of hydrogen-bond acceptors (Lipinski definition) is 6. The predicted octanol–water partition coefficient (Wildman–Crippen LogP) is 2.14. The minimum absolute atomic E-state index is 0.163. The molecule has 0 spiro atoms. The number of benzene rings is 1. The van der Waals surface area contributed by atoms with Crippen molar-refractivity contribution in [1.82, 2.24) is 15.2 Å². The maximum absolute atomic E-state index is 12.3. The number of nitrogens with two attached hydrogens (primary N) is 1. The van der Waals surface area contributed by atoms with Crippen LogP contribution in [-0.2, 0) is 24.4 Å². The number of nitrogens with one attached hydrogen (secondary N) is 1. The van der Waals surface area contributed by atoms with Gasteiger partial charge >= 0.3 is 0 Å². The first-order valence-electron chi connectivity index (χ1n) is 8.92. The first-order chi connectivity index (χ1) is 12.5. The molecule has 1 aliphatic heterocycles. The van der Waals surface area contributed by atoms with E-state index < -0.39 is 0 Å². The van der Waals surface area contributed by atoms with Crippen LogP contribution in [0.25, 0.3) is 0 Å². The second-order valence-corrected chi connectivity index (χ2v) is 7.68. The lowest BCUT2D eigenvalue weighted by molar-refractivity contribution is -0.0705. The van der Waals surface area contributed by atoms with Gasteiger partial charge in [0.1, 0.15) is 10.7 Å². The molecule has 1 aromatic heterocycles. The lowest BCUT2D eigenvalue weighted by Crippen LogP contribution is -2.45. The van der Waals surface area contributed by atoms with Crippen LogP contribution in [0.1, 0.15) is 40.5 Å². The Morgan fingerprint density at radius 2 is 2.00 bits per heavy atom. The number of carbonyl (C=O) groups excluding carboxylic acids is 1. The van der Waals surface area contributed by atoms with Crippen molar-refractivity contribution < 1.29 is 9.53 Å². The highest BCUT2D eigenvalue weighted by molar-refractivity contribution is 7.09. The number of hydrogen-bond donors (Lipinski definition) is 2. The van der Waals surface area contributed by atoms with Gasteiger partial charge in [-0.25, -0.2) is 4.98 Å². The Morgan fingerprint density at radius 1 is 1.31 bits per heavy atom. The van der Waals surface area contributed by atoms with Gasteiger partial charge in [-0.2, -0.15) is 0 Å². The standard InChI is InChI=1S/C19H26N4O2S/c1-13-9-23(10-14(2)25-13)11-16-6-4-3-5-15(16)8-21-19(24)17-12-26-18(7-20)22-17/h3-6,12-14H,7-11,20H2,1-2H3,(H,21,24)/t13-,14-/m1/s1. The van der Waals surface area contributed by atoms with Gasteiger partial charge in [0.15, 0.2) is 0 Å². The van der Waals surface area contributed by atoms with Gasteiger partial charge < -0.3 is 15.8 Å². The minimum Gasteiger partial charge on any atom is -0.373 e. The van der Waals surface area contributed by atoms with Crippen LogP contribution >= 0.6 is 11.3 Å². The average molecular weight is 375 g/mol. The molecule has 2 heterocycles. The summed E-state index contributed by atoms with van der Waals surface area (Å²) in [6.07, 6.45) is 0.485. The van der Waals surface area contributed by atoms with E-state index in [1.807, 2.05) is 12.1 Å². The summed E-state index contributed by atoms with van der Waals surface area (Å²) in [5, 5.41) is 5.49. The van der Waals surface area contributed by atoms with Crippen molar-refractivity contribution in [3.63, 3.8) is 0 Å². The van der Waals surface area contributed by atoms with E-state index in [2.05, 4.69) is 41.2 Å². The fourth-order valence-corrected chi connectivity index (χ4v) is 3.97. The van der Waals surface area contributed by atoms with Gasteiger partial charge in [0.2, 0.25) is 0 Å². The van der Waals surface area contributed by atoms with Gasteiger partial charge in [-0.1, -0.05) is 24.3 Å². The normalized spacial score (nSPS) is 20.9. The molecule has 1 amide bonds. The molecule has 2 aromatic rings. The highest BCUT2D eigenvalue weighted by Crippen LogP contribution is 2.17. The Morgan fingerprint density at radius 3 is 2.65 bits per heavy atom. The molecule has 1 fully saturated rings. The molecule has 1 aromatic carbocycles. The maximum atomic E-state index is 12.3. The van der Waals surface area contributed by atoms with Gasteiger partial charge in [0.05, 0.1) is 12.2 Å². The summed E-state index contributed by atoms with van der Waals surface area (Å²) in [6.45, 7) is 7.77. The third-order valence-corrected chi connectivity index (χ3v) is 5.28. The summed E-state index contributed by atoms with van der Waals surface area (Å²) in [5.74, 6) is -0.163. The molecule has 6 nitrogen and oxygen atoms in total. The molecule has 0 saturated carbocycles. The SMILES string of the molecule is C[C@@H]1CN(Cc2ccccc2CNC(=O)c2csc(CN)n2)C[C@@H](C)O1. The van der Waals surface area contributed by atoms with Crippen molar-refractivity contribution in [1.29, 1.82) is 0 Å². The number of amides is 1. The molecule has 0 aliphatic carbocycles. The highest BCUT2D eigenvalue weighted by atomic mass is 32.1. The van der Waals surface area contributed by atoms with Crippen molar-refractivity contribution in [2.24, 2.45) is 5.73 Å². The highest BCUT2D eigenvalue weighted by Gasteiger charge is 2.22. The second kappa shape index (κ2) is 8.73. The smallest absolute Gasteiger partial charge is 0.271 e. The number of thiazole rings is 1. The lowest BCUT2D eigenvalue weighted by Gasteiger charge is -2.35. The number of rotatable bonds is 6. The van der Waals surface area contributed by atoms with Crippen LogP contribution < -0.4 is 11.1 Å². The molecule has 7 heteroatoms. The molecule has 140 valence electrons. The Labute approximate surface area is 158 Å². The molecule has 0 bridgehead atoms. The molecule has 1 aliphatic rings. The fourth-order valence-electron chi connectivity index (χ4n) is 3.31. The van der Waals surface area contributed by atoms with Gasteiger partial charge in [-0.15, -0.1) is 11.3 Å². The fraction of sp³-hybridized carbons (Fsp3) is 0.474. The molecule has 2 atom stereocenters. The van der Waals surface area contributed by atoms with E-state index in [0.29, 0.717) is 18.8 Å². The minimum atomic E-state index is -0.163. The molecule has 0 radical (unpaired) electrons. The van der Waals surface area contributed by atoms with Crippen LogP contribution in [0.4, 0.5) is 0 Å². The summed E-state index contributed by atoms with van der Waals surface area (Å²) < 4.78 is 5.81. The zero-order valence-corrected chi connectivity index (χ0v) is 16.1. The van der Waals surface area contributed by atoms with E-state index in [1.165, 1.54) is 16.9 Å². The molecule has 3 rings (SSSR count). The van der Waals surface area contributed by atoms with Crippen LogP contribution in [0, 0.1) is 0 Å². The zero-order chi connectivity index (χ0) is 18.5. The van der Waals surface area contributed by atoms with Crippen molar-refractivity contribution in [3.05, 3.63) is 51.5 Å². The van der Waals surface area contributed by atoms with E-state index in [0.717, 1.165) is 30.2 Å². The third-order valence-electron chi connectivity index (χ3n) is 4.41. The largest absolute Gasteiger partial charge is 0.373 e. The van der Waals surface area contributed by atoms with Gasteiger partial charge in [0.25, 0.3) is 5.91 Å². The molecule has 1 saturated heterocycles. The van der Waals surface area contributed by atoms with E-state index in [4.69, 9.17) is 10.5 Å². The summed E-state index contributed by atoms with van der Waals surface area (Å²) in [6, 6.07) is 8.24. The number of morpholine rings is 1. The first kappa shape index (κ1) is 19.0. The van der Waals surface area contributed by atoms with Gasteiger partial charge in [-0.05, 0) is 25.0 Å². The molecular weight excluding hydrogens is 348 g/mol. The summed E-state index contributed by atoms with van der Waals surface area (Å²) in [5.41, 5.74) is 8.35. The number of aromatic nitrogens is 1. The maximum Gasteiger partial charge on any atom is 0.271 e. The number of carbonyl (C=O) groups is 1. The van der Waals surface area contributed by atoms with E-state index in [1.54, 1.807) is 5.38 Å². The summed E-state index contributed by atoms with van der Waals surface area (Å²) in [4.78, 5) is 18.9. The Bertz CT molecular complexity index is 739. The summed E-state index contributed by atoms with van der Waals surface area (Å²) in [7, 11) is 0. The van der Waals surface area contributed by atoms with Crippen LogP contribution in [0.2, 0.25) is 0 Å². The van der Waals surface area contributed by atoms with Gasteiger partial charge in [0, 0.05) is 38.1 Å². The predicted molar refractivity (Wildman–Crippen MR) is 103 cm³/mol. The van der Waals surface area contributed by atoms with E-state index in [9.17, 15) is 4.79 Å². The van der Waals surface area contributed by atoms with Crippen molar-refractivity contribution in [3.8, 4) is 0 Å². The van der Waals surface area contributed by atoms with Gasteiger partial charge in [-0.3, -0.25) is 9.69 Å².